The smallest absolute Gasteiger partial charge is 0.265 e. The molecule has 3 aromatic rings. The summed E-state index contributed by atoms with van der Waals surface area (Å²) in [6, 6.07) is 17.7. The molecule has 0 unspecified atom stereocenters. The lowest BCUT2D eigenvalue weighted by atomic mass is 10.1. The van der Waals surface area contributed by atoms with Gasteiger partial charge in [0.25, 0.3) is 15.9 Å². The van der Waals surface area contributed by atoms with Crippen LogP contribution >= 0.6 is 34.8 Å². The van der Waals surface area contributed by atoms with Crippen molar-refractivity contribution in [2.75, 3.05) is 0 Å². The lowest BCUT2D eigenvalue weighted by Gasteiger charge is -2.10. The van der Waals surface area contributed by atoms with Gasteiger partial charge >= 0.3 is 0 Å². The minimum absolute atomic E-state index is 0.0752. The zero-order valence-corrected chi connectivity index (χ0v) is 18.5. The molecule has 0 atom stereocenters. The van der Waals surface area contributed by atoms with Gasteiger partial charge in [0, 0.05) is 15.6 Å². The zero-order valence-electron chi connectivity index (χ0n) is 15.4. The molecule has 3 aromatic carbocycles. The Morgan fingerprint density at radius 3 is 2.23 bits per heavy atom. The summed E-state index contributed by atoms with van der Waals surface area (Å²) in [4.78, 5) is 12.1. The Kier molecular flexibility index (Phi) is 7.39. The summed E-state index contributed by atoms with van der Waals surface area (Å²) in [6.45, 7) is 0.661. The number of rotatable bonds is 7. The maximum Gasteiger partial charge on any atom is 0.265 e. The molecule has 1 amide bonds. The summed E-state index contributed by atoms with van der Waals surface area (Å²) >= 11 is 17.8. The van der Waals surface area contributed by atoms with Gasteiger partial charge in [0.2, 0.25) is 0 Å². The molecule has 156 valence electrons. The van der Waals surface area contributed by atoms with Crippen LogP contribution in [0.25, 0.3) is 0 Å². The van der Waals surface area contributed by atoms with Gasteiger partial charge in [-0.1, -0.05) is 65.1 Å². The van der Waals surface area contributed by atoms with Gasteiger partial charge in [0.15, 0.2) is 0 Å². The molecule has 0 aliphatic carbocycles. The quantitative estimate of drug-likeness (QED) is 0.482. The summed E-state index contributed by atoms with van der Waals surface area (Å²) in [6.07, 6.45) is 0. The highest BCUT2D eigenvalue weighted by atomic mass is 35.5. The van der Waals surface area contributed by atoms with Crippen molar-refractivity contribution >= 4 is 50.7 Å². The number of nitrogens with one attached hydrogen (secondary N) is 1. The van der Waals surface area contributed by atoms with Crippen LogP contribution in [0, 0.1) is 0 Å². The molecule has 0 heterocycles. The van der Waals surface area contributed by atoms with Crippen molar-refractivity contribution in [1.82, 2.24) is 4.72 Å². The number of sulfonamides is 1. The van der Waals surface area contributed by atoms with E-state index in [-0.39, 0.29) is 20.5 Å². The van der Waals surface area contributed by atoms with Crippen molar-refractivity contribution < 1.29 is 17.9 Å². The second-order valence-electron chi connectivity index (χ2n) is 6.29. The Morgan fingerprint density at radius 1 is 0.867 bits per heavy atom. The lowest BCUT2D eigenvalue weighted by Crippen LogP contribution is -2.30. The number of ether oxygens (including phenoxy) is 1. The third-order valence-corrected chi connectivity index (χ3v) is 6.53. The van der Waals surface area contributed by atoms with Crippen LogP contribution in [0.5, 0.6) is 0 Å². The molecule has 0 spiro atoms. The number of amides is 1. The molecule has 0 bridgehead atoms. The predicted molar refractivity (Wildman–Crippen MR) is 118 cm³/mol. The van der Waals surface area contributed by atoms with E-state index in [0.29, 0.717) is 18.2 Å². The van der Waals surface area contributed by atoms with E-state index in [0.717, 1.165) is 11.1 Å². The molecule has 0 radical (unpaired) electrons. The minimum atomic E-state index is -4.14. The molecule has 30 heavy (non-hydrogen) atoms. The van der Waals surface area contributed by atoms with Crippen molar-refractivity contribution in [3.8, 4) is 0 Å². The number of benzene rings is 3. The molecule has 9 heteroatoms. The monoisotopic (exact) mass is 483 g/mol. The molecule has 0 aliphatic rings. The Labute approximate surface area is 189 Å². The molecular formula is C21H16Cl3NO4S. The van der Waals surface area contributed by atoms with Crippen LogP contribution in [-0.2, 0) is 28.0 Å². The second-order valence-corrected chi connectivity index (χ2v) is 9.19. The normalized spacial score (nSPS) is 11.3. The van der Waals surface area contributed by atoms with Gasteiger partial charge in [-0.3, -0.25) is 4.79 Å². The van der Waals surface area contributed by atoms with E-state index in [1.807, 2.05) is 22.9 Å². The van der Waals surface area contributed by atoms with Crippen molar-refractivity contribution in [3.63, 3.8) is 0 Å². The SMILES string of the molecule is O=C(NS(=O)(=O)c1ccc(Cl)cc1Cl)c1ccc(COCc2ccccc2Cl)cc1. The Morgan fingerprint density at radius 2 is 1.57 bits per heavy atom. The first kappa shape index (κ1) is 22.6. The topological polar surface area (TPSA) is 72.5 Å². The van der Waals surface area contributed by atoms with E-state index >= 15 is 0 Å². The van der Waals surface area contributed by atoms with Crippen molar-refractivity contribution in [3.05, 3.63) is 98.5 Å². The second kappa shape index (κ2) is 9.81. The van der Waals surface area contributed by atoms with Crippen molar-refractivity contribution in [2.24, 2.45) is 0 Å². The number of halogens is 3. The molecule has 3 rings (SSSR count). The third kappa shape index (κ3) is 5.74. The van der Waals surface area contributed by atoms with E-state index < -0.39 is 15.9 Å². The van der Waals surface area contributed by atoms with E-state index in [2.05, 4.69) is 0 Å². The summed E-state index contributed by atoms with van der Waals surface area (Å²) in [5, 5.41) is 0.845. The van der Waals surface area contributed by atoms with Crippen molar-refractivity contribution in [1.29, 1.82) is 0 Å². The number of carbonyl (C=O) groups is 1. The van der Waals surface area contributed by atoms with Gasteiger partial charge in [0.1, 0.15) is 4.90 Å². The first-order valence-electron chi connectivity index (χ1n) is 8.68. The average molecular weight is 485 g/mol. The molecule has 0 saturated carbocycles. The van der Waals surface area contributed by atoms with E-state index in [4.69, 9.17) is 39.5 Å². The number of hydrogen-bond acceptors (Lipinski definition) is 4. The number of carbonyl (C=O) groups excluding carboxylic acids is 1. The average Bonchev–Trinajstić information content (AvgIpc) is 2.69. The molecular weight excluding hydrogens is 469 g/mol. The van der Waals surface area contributed by atoms with Crippen LogP contribution in [0.15, 0.2) is 71.6 Å². The van der Waals surface area contributed by atoms with Gasteiger partial charge in [-0.15, -0.1) is 0 Å². The van der Waals surface area contributed by atoms with Crippen LogP contribution in [0.1, 0.15) is 21.5 Å². The maximum absolute atomic E-state index is 12.4. The zero-order chi connectivity index (χ0) is 21.7. The fourth-order valence-electron chi connectivity index (χ4n) is 2.58. The van der Waals surface area contributed by atoms with E-state index in [9.17, 15) is 13.2 Å². The summed E-state index contributed by atoms with van der Waals surface area (Å²) < 4.78 is 32.5. The lowest BCUT2D eigenvalue weighted by molar-refractivity contribution is 0.0980. The molecule has 0 saturated heterocycles. The van der Waals surface area contributed by atoms with Crippen LogP contribution in [0.2, 0.25) is 15.1 Å². The summed E-state index contributed by atoms with van der Waals surface area (Å²) in [5.74, 6) is -0.774. The molecule has 0 fully saturated rings. The highest BCUT2D eigenvalue weighted by Gasteiger charge is 2.21. The van der Waals surface area contributed by atoms with Gasteiger partial charge in [-0.05, 0) is 47.5 Å². The van der Waals surface area contributed by atoms with Gasteiger partial charge in [-0.25, -0.2) is 13.1 Å². The minimum Gasteiger partial charge on any atom is -0.372 e. The van der Waals surface area contributed by atoms with E-state index in [1.165, 1.54) is 30.3 Å². The predicted octanol–water partition coefficient (Wildman–Crippen LogP) is 5.48. The van der Waals surface area contributed by atoms with Crippen LogP contribution < -0.4 is 4.72 Å². The van der Waals surface area contributed by atoms with Crippen LogP contribution in [0.3, 0.4) is 0 Å². The fraction of sp³-hybridized carbons (Fsp3) is 0.0952. The van der Waals surface area contributed by atoms with Crippen LogP contribution in [0.4, 0.5) is 0 Å². The highest BCUT2D eigenvalue weighted by Crippen LogP contribution is 2.25. The van der Waals surface area contributed by atoms with Gasteiger partial charge in [0.05, 0.1) is 18.2 Å². The first-order valence-corrected chi connectivity index (χ1v) is 11.3. The van der Waals surface area contributed by atoms with Gasteiger partial charge in [-0.2, -0.15) is 0 Å². The Hall–Kier alpha value is -2.09. The van der Waals surface area contributed by atoms with Crippen LogP contribution in [-0.4, -0.2) is 14.3 Å². The standard InChI is InChI=1S/C21H16Cl3NO4S/c22-17-9-10-20(19(24)11-17)30(27,28)25-21(26)15-7-5-14(6-8-15)12-29-13-16-3-1-2-4-18(16)23/h1-11H,12-13H2,(H,25,26). The first-order chi connectivity index (χ1) is 14.3. The third-order valence-electron chi connectivity index (χ3n) is 4.11. The van der Waals surface area contributed by atoms with Crippen molar-refractivity contribution in [2.45, 2.75) is 18.1 Å². The number of hydrogen-bond donors (Lipinski definition) is 1. The largest absolute Gasteiger partial charge is 0.372 e. The van der Waals surface area contributed by atoms with Gasteiger partial charge < -0.3 is 4.74 Å². The fourth-order valence-corrected chi connectivity index (χ4v) is 4.51. The molecule has 5 nitrogen and oxygen atoms in total. The summed E-state index contributed by atoms with van der Waals surface area (Å²) in [5.41, 5.74) is 1.88. The summed E-state index contributed by atoms with van der Waals surface area (Å²) in [7, 11) is -4.14. The Bertz CT molecular complexity index is 1170. The molecule has 0 aliphatic heterocycles. The Balaban J connectivity index is 1.61. The molecule has 1 N–H and O–H groups in total. The maximum atomic E-state index is 12.4. The van der Waals surface area contributed by atoms with E-state index in [1.54, 1.807) is 18.2 Å². The molecule has 0 aromatic heterocycles. The highest BCUT2D eigenvalue weighted by molar-refractivity contribution is 7.90.